The maximum absolute atomic E-state index is 10.9. The molecule has 1 rings (SSSR count). The van der Waals surface area contributed by atoms with E-state index in [4.69, 9.17) is 5.84 Å². The molecule has 0 aromatic heterocycles. The van der Waals surface area contributed by atoms with Gasteiger partial charge in [-0.05, 0) is 24.6 Å². The molecule has 0 unspecified atom stereocenters. The van der Waals surface area contributed by atoms with Crippen molar-refractivity contribution in [3.05, 3.63) is 29.8 Å². The van der Waals surface area contributed by atoms with Crippen molar-refractivity contribution in [1.82, 2.24) is 0 Å². The zero-order valence-electron chi connectivity index (χ0n) is 8.36. The first-order chi connectivity index (χ1) is 6.63. The molecule has 1 aromatic rings. The van der Waals surface area contributed by atoms with Gasteiger partial charge in [0.05, 0.1) is 12.8 Å². The summed E-state index contributed by atoms with van der Waals surface area (Å²) in [6, 6.07) is 7.61. The lowest BCUT2D eigenvalue weighted by Crippen LogP contribution is -2.36. The first-order valence-electron chi connectivity index (χ1n) is 4.29. The SMILES string of the molecule is COC(=O)CN(N)c1cccc(C)c1. The summed E-state index contributed by atoms with van der Waals surface area (Å²) in [6.07, 6.45) is 0. The third-order valence-electron chi connectivity index (χ3n) is 1.86. The Hall–Kier alpha value is -1.55. The lowest BCUT2D eigenvalue weighted by atomic mass is 10.2. The summed E-state index contributed by atoms with van der Waals surface area (Å²) in [5.74, 6) is 5.32. The summed E-state index contributed by atoms with van der Waals surface area (Å²) < 4.78 is 4.51. The van der Waals surface area contributed by atoms with Crippen LogP contribution in [0.15, 0.2) is 24.3 Å². The molecule has 0 aliphatic carbocycles. The molecule has 0 fully saturated rings. The van der Waals surface area contributed by atoms with Crippen molar-refractivity contribution in [1.29, 1.82) is 0 Å². The predicted molar refractivity (Wildman–Crippen MR) is 54.7 cm³/mol. The molecule has 1 aromatic carbocycles. The number of anilines is 1. The summed E-state index contributed by atoms with van der Waals surface area (Å²) in [4.78, 5) is 10.9. The Labute approximate surface area is 83.2 Å². The molecule has 76 valence electrons. The van der Waals surface area contributed by atoms with Gasteiger partial charge in [-0.25, -0.2) is 5.84 Å². The van der Waals surface area contributed by atoms with E-state index in [0.717, 1.165) is 11.3 Å². The number of nitrogens with two attached hydrogens (primary N) is 1. The number of hydrogen-bond acceptors (Lipinski definition) is 4. The second-order valence-corrected chi connectivity index (χ2v) is 3.04. The van der Waals surface area contributed by atoms with Crippen LogP contribution in [-0.4, -0.2) is 19.6 Å². The fraction of sp³-hybridized carbons (Fsp3) is 0.300. The molecule has 0 atom stereocenters. The van der Waals surface area contributed by atoms with Gasteiger partial charge < -0.3 is 4.74 Å². The zero-order valence-corrected chi connectivity index (χ0v) is 8.36. The molecule has 0 saturated carbocycles. The number of aryl methyl sites for hydroxylation is 1. The van der Waals surface area contributed by atoms with E-state index in [2.05, 4.69) is 4.74 Å². The number of rotatable bonds is 3. The Bertz CT molecular complexity index is 326. The van der Waals surface area contributed by atoms with Gasteiger partial charge in [0.1, 0.15) is 6.54 Å². The van der Waals surface area contributed by atoms with Gasteiger partial charge in [0.2, 0.25) is 0 Å². The highest BCUT2D eigenvalue weighted by Crippen LogP contribution is 2.12. The molecule has 0 bridgehead atoms. The highest BCUT2D eigenvalue weighted by Gasteiger charge is 2.07. The molecule has 2 N–H and O–H groups in total. The fourth-order valence-corrected chi connectivity index (χ4v) is 1.10. The van der Waals surface area contributed by atoms with Crippen LogP contribution in [0.4, 0.5) is 5.69 Å². The number of carbonyl (C=O) groups is 1. The zero-order chi connectivity index (χ0) is 10.6. The normalized spacial score (nSPS) is 9.64. The number of hydrazine groups is 1. The van der Waals surface area contributed by atoms with E-state index in [0.29, 0.717) is 0 Å². The van der Waals surface area contributed by atoms with Crippen molar-refractivity contribution in [2.24, 2.45) is 5.84 Å². The van der Waals surface area contributed by atoms with Gasteiger partial charge in [-0.3, -0.25) is 9.80 Å². The van der Waals surface area contributed by atoms with Gasteiger partial charge in [0.15, 0.2) is 0 Å². The van der Waals surface area contributed by atoms with Crippen LogP contribution in [0.25, 0.3) is 0 Å². The smallest absolute Gasteiger partial charge is 0.326 e. The topological polar surface area (TPSA) is 55.6 Å². The van der Waals surface area contributed by atoms with E-state index in [1.165, 1.54) is 12.1 Å². The van der Waals surface area contributed by atoms with Crippen LogP contribution in [0.5, 0.6) is 0 Å². The second kappa shape index (κ2) is 4.62. The van der Waals surface area contributed by atoms with Crippen molar-refractivity contribution >= 4 is 11.7 Å². The van der Waals surface area contributed by atoms with Crippen LogP contribution >= 0.6 is 0 Å². The lowest BCUT2D eigenvalue weighted by Gasteiger charge is -2.17. The maximum atomic E-state index is 10.9. The number of methoxy groups -OCH3 is 1. The summed E-state index contributed by atoms with van der Waals surface area (Å²) in [5.41, 5.74) is 1.90. The Kier molecular flexibility index (Phi) is 3.48. The number of esters is 1. The number of carbonyl (C=O) groups excluding carboxylic acids is 1. The van der Waals surface area contributed by atoms with Crippen LogP contribution in [0, 0.1) is 6.92 Å². The minimum Gasteiger partial charge on any atom is -0.468 e. The molecular weight excluding hydrogens is 180 g/mol. The molecule has 4 nitrogen and oxygen atoms in total. The monoisotopic (exact) mass is 194 g/mol. The average Bonchev–Trinajstić information content (AvgIpc) is 2.17. The first kappa shape index (κ1) is 10.5. The van der Waals surface area contributed by atoms with E-state index < -0.39 is 0 Å². The summed E-state index contributed by atoms with van der Waals surface area (Å²) >= 11 is 0. The van der Waals surface area contributed by atoms with Crippen molar-refractivity contribution in [2.75, 3.05) is 18.7 Å². The number of ether oxygens (including phenoxy) is 1. The average molecular weight is 194 g/mol. The van der Waals surface area contributed by atoms with E-state index in [9.17, 15) is 4.79 Å². The largest absolute Gasteiger partial charge is 0.468 e. The van der Waals surface area contributed by atoms with Crippen molar-refractivity contribution in [3.63, 3.8) is 0 Å². The lowest BCUT2D eigenvalue weighted by molar-refractivity contribution is -0.138. The highest BCUT2D eigenvalue weighted by atomic mass is 16.5. The minimum absolute atomic E-state index is 0.0555. The van der Waals surface area contributed by atoms with Gasteiger partial charge in [-0.2, -0.15) is 0 Å². The van der Waals surface area contributed by atoms with Crippen molar-refractivity contribution in [2.45, 2.75) is 6.92 Å². The van der Waals surface area contributed by atoms with Gasteiger partial charge in [-0.1, -0.05) is 12.1 Å². The Balaban J connectivity index is 2.69. The van der Waals surface area contributed by atoms with Crippen molar-refractivity contribution in [3.8, 4) is 0 Å². The van der Waals surface area contributed by atoms with E-state index in [1.54, 1.807) is 0 Å². The Morgan fingerprint density at radius 1 is 1.57 bits per heavy atom. The van der Waals surface area contributed by atoms with E-state index >= 15 is 0 Å². The van der Waals surface area contributed by atoms with Gasteiger partial charge in [-0.15, -0.1) is 0 Å². The van der Waals surface area contributed by atoms with E-state index in [1.807, 2.05) is 31.2 Å². The molecular formula is C10H14N2O2. The van der Waals surface area contributed by atoms with Crippen molar-refractivity contribution < 1.29 is 9.53 Å². The van der Waals surface area contributed by atoms with Crippen LogP contribution in [0.2, 0.25) is 0 Å². The van der Waals surface area contributed by atoms with Crippen LogP contribution in [0.1, 0.15) is 5.56 Å². The minimum atomic E-state index is -0.353. The number of hydrogen-bond donors (Lipinski definition) is 1. The molecule has 0 amide bonds. The number of nitrogens with zero attached hydrogens (tertiary/aromatic N) is 1. The number of benzene rings is 1. The highest BCUT2D eigenvalue weighted by molar-refractivity contribution is 5.75. The molecule has 0 radical (unpaired) electrons. The van der Waals surface area contributed by atoms with Crippen LogP contribution < -0.4 is 10.9 Å². The molecule has 14 heavy (non-hydrogen) atoms. The Morgan fingerprint density at radius 2 is 2.29 bits per heavy atom. The molecule has 0 spiro atoms. The molecule has 0 heterocycles. The van der Waals surface area contributed by atoms with Gasteiger partial charge in [0, 0.05) is 0 Å². The maximum Gasteiger partial charge on any atom is 0.326 e. The third-order valence-corrected chi connectivity index (χ3v) is 1.86. The summed E-state index contributed by atoms with van der Waals surface area (Å²) in [7, 11) is 1.34. The summed E-state index contributed by atoms with van der Waals surface area (Å²) in [6.45, 7) is 2.02. The quantitative estimate of drug-likeness (QED) is 0.440. The van der Waals surface area contributed by atoms with Crippen LogP contribution in [-0.2, 0) is 9.53 Å². The first-order valence-corrected chi connectivity index (χ1v) is 4.29. The summed E-state index contributed by atoms with van der Waals surface area (Å²) in [5, 5.41) is 1.36. The van der Waals surface area contributed by atoms with Crippen LogP contribution in [0.3, 0.4) is 0 Å². The van der Waals surface area contributed by atoms with Gasteiger partial charge >= 0.3 is 5.97 Å². The fourth-order valence-electron chi connectivity index (χ4n) is 1.10. The second-order valence-electron chi connectivity index (χ2n) is 3.04. The Morgan fingerprint density at radius 3 is 2.86 bits per heavy atom. The molecule has 0 aliphatic heterocycles. The third kappa shape index (κ3) is 2.74. The van der Waals surface area contributed by atoms with E-state index in [-0.39, 0.29) is 12.5 Å². The van der Waals surface area contributed by atoms with Gasteiger partial charge in [0.25, 0.3) is 0 Å². The standard InChI is InChI=1S/C10H14N2O2/c1-8-4-3-5-9(6-8)12(11)7-10(13)14-2/h3-6H,7,11H2,1-2H3. The molecule has 4 heteroatoms. The molecule has 0 saturated heterocycles. The predicted octanol–water partition coefficient (Wildman–Crippen LogP) is 0.848. The molecule has 0 aliphatic rings.